The van der Waals surface area contributed by atoms with Crippen molar-refractivity contribution in [3.05, 3.63) is 0 Å². The Kier molecular flexibility index (Phi) is 6.98. The van der Waals surface area contributed by atoms with Gasteiger partial charge < -0.3 is 14.5 Å². The van der Waals surface area contributed by atoms with Crippen molar-refractivity contribution in [3.63, 3.8) is 0 Å². The fraction of sp³-hybridized carbons (Fsp3) is 0.966. The second kappa shape index (κ2) is 10.1. The van der Waals surface area contributed by atoms with E-state index in [2.05, 4.69) is 27.7 Å². The topological polar surface area (TPSA) is 60.1 Å². The molecule has 10 heteroatoms. The zero-order chi connectivity index (χ0) is 26.9. The predicted molar refractivity (Wildman–Crippen MR) is 140 cm³/mol. The minimum absolute atomic E-state index is 0.0221. The summed E-state index contributed by atoms with van der Waals surface area (Å²) < 4.78 is 49.4. The quantitative estimate of drug-likeness (QED) is 0.545. The third-order valence-electron chi connectivity index (χ3n) is 12.3. The van der Waals surface area contributed by atoms with Gasteiger partial charge in [0.25, 0.3) is 0 Å². The summed E-state index contributed by atoms with van der Waals surface area (Å²) in [5, 5.41) is 0. The number of fused-ring (bicyclic) bond motifs is 4. The molecule has 2 N–H and O–H groups in total. The monoisotopic (exact) mass is 553 g/mol. The molecule has 8 unspecified atom stereocenters. The number of carbonyl (C=O) groups excluding carboxylic acids is 1. The molecule has 39 heavy (non-hydrogen) atoms. The van der Waals surface area contributed by atoms with E-state index in [1.807, 2.05) is 4.90 Å². The fourth-order valence-corrected chi connectivity index (χ4v) is 10.0. The molecule has 7 nitrogen and oxygen atoms in total. The van der Waals surface area contributed by atoms with Crippen molar-refractivity contribution in [2.24, 2.45) is 46.8 Å². The van der Waals surface area contributed by atoms with Crippen LogP contribution in [0.5, 0.6) is 0 Å². The minimum Gasteiger partial charge on any atom is -0.380 e. The molecule has 8 atom stereocenters. The summed E-state index contributed by atoms with van der Waals surface area (Å²) in [6.07, 6.45) is 4.10. The van der Waals surface area contributed by atoms with E-state index < -0.39 is 23.9 Å². The number of rotatable bonds is 5. The Morgan fingerprint density at radius 2 is 1.79 bits per heavy atom. The first kappa shape index (κ1) is 26.9. The van der Waals surface area contributed by atoms with Crippen LogP contribution in [0, 0.1) is 46.8 Å². The smallest absolute Gasteiger partial charge is 0.380 e. The number of nitrogens with one attached hydrogen (secondary N) is 2. The second-order valence-corrected chi connectivity index (χ2v) is 14.3. The molecule has 0 radical (unpaired) electrons. The maximum atomic E-state index is 14.5. The number of halogens is 3. The van der Waals surface area contributed by atoms with Gasteiger partial charge in [-0.1, -0.05) is 6.42 Å². The highest BCUT2D eigenvalue weighted by molar-refractivity contribution is 5.82. The van der Waals surface area contributed by atoms with Crippen LogP contribution in [-0.4, -0.2) is 92.1 Å². The van der Waals surface area contributed by atoms with Gasteiger partial charge in [0.15, 0.2) is 0 Å². The summed E-state index contributed by atoms with van der Waals surface area (Å²) in [5.74, 6) is -0.994. The average molecular weight is 554 g/mol. The number of hydrogen-bond donors (Lipinski definition) is 2. The summed E-state index contributed by atoms with van der Waals surface area (Å²) in [4.78, 5) is 20.6. The Morgan fingerprint density at radius 3 is 2.41 bits per heavy atom. The Hall–Kier alpha value is -0.940. The van der Waals surface area contributed by atoms with Gasteiger partial charge in [-0.05, 0) is 101 Å². The predicted octanol–water partition coefficient (Wildman–Crippen LogP) is 3.28. The number of hydrogen-bond acceptors (Lipinski definition) is 6. The summed E-state index contributed by atoms with van der Waals surface area (Å²) >= 11 is 0. The second-order valence-electron chi connectivity index (χ2n) is 14.3. The van der Waals surface area contributed by atoms with E-state index in [0.29, 0.717) is 30.7 Å². The van der Waals surface area contributed by atoms with Crippen LogP contribution < -0.4 is 10.9 Å². The van der Waals surface area contributed by atoms with Gasteiger partial charge in [-0.15, -0.1) is 0 Å². The van der Waals surface area contributed by atoms with Gasteiger partial charge in [-0.3, -0.25) is 9.69 Å². The largest absolute Gasteiger partial charge is 0.392 e. The highest BCUT2D eigenvalue weighted by Gasteiger charge is 2.59. The molecule has 2 saturated carbocycles. The first-order valence-corrected chi connectivity index (χ1v) is 15.6. The van der Waals surface area contributed by atoms with Crippen LogP contribution in [0.15, 0.2) is 0 Å². The van der Waals surface area contributed by atoms with E-state index in [-0.39, 0.29) is 35.9 Å². The molecule has 2 bridgehead atoms. The molecule has 0 spiro atoms. The summed E-state index contributed by atoms with van der Waals surface area (Å²) in [6, 6.07) is 0.0656. The number of alkyl halides is 3. The van der Waals surface area contributed by atoms with Crippen molar-refractivity contribution in [3.8, 4) is 0 Å². The van der Waals surface area contributed by atoms with E-state index >= 15 is 0 Å². The van der Waals surface area contributed by atoms with Crippen molar-refractivity contribution in [2.75, 3.05) is 53.1 Å². The van der Waals surface area contributed by atoms with Gasteiger partial charge in [0.1, 0.15) is 0 Å². The van der Waals surface area contributed by atoms with Crippen LogP contribution >= 0.6 is 0 Å². The van der Waals surface area contributed by atoms with Crippen LogP contribution in [-0.2, 0) is 9.53 Å². The highest BCUT2D eigenvalue weighted by Crippen LogP contribution is 2.55. The van der Waals surface area contributed by atoms with Gasteiger partial charge in [0, 0.05) is 30.5 Å². The van der Waals surface area contributed by atoms with Crippen LogP contribution in [0.3, 0.4) is 0 Å². The van der Waals surface area contributed by atoms with Gasteiger partial charge in [0.05, 0.1) is 32.0 Å². The Bertz CT molecular complexity index is 923. The number of carbonyl (C=O) groups is 1. The molecule has 0 aromatic carbocycles. The molecule has 0 aromatic rings. The lowest BCUT2D eigenvalue weighted by Crippen LogP contribution is -2.56. The first-order chi connectivity index (χ1) is 18.7. The van der Waals surface area contributed by atoms with Crippen LogP contribution in [0.25, 0.3) is 0 Å². The number of hydrazine groups is 1. The number of ether oxygens (including phenoxy) is 1. The molecule has 6 saturated heterocycles. The van der Waals surface area contributed by atoms with E-state index in [1.165, 1.54) is 0 Å². The fourth-order valence-electron chi connectivity index (χ4n) is 10.0. The molecule has 2 aliphatic carbocycles. The standard InChI is InChI=1S/C29H46F3N5O2/c1-35-17-33-34-26(35)12-28(15-39-16-28)20-3-2-4-21(11-20)37-14-24-22(27(37)38)9-19(10-25(24)29(30,31)32)23-13-36-7-5-18(23)6-8-36/h18-26,33-34H,2-17H2,1H3. The third kappa shape index (κ3) is 4.74. The van der Waals surface area contributed by atoms with Gasteiger partial charge >= 0.3 is 6.18 Å². The molecule has 8 fully saturated rings. The van der Waals surface area contributed by atoms with Crippen LogP contribution in [0.4, 0.5) is 13.2 Å². The first-order valence-electron chi connectivity index (χ1n) is 15.6. The molecule has 6 aliphatic heterocycles. The minimum atomic E-state index is -4.23. The lowest BCUT2D eigenvalue weighted by atomic mass is 9.61. The van der Waals surface area contributed by atoms with Gasteiger partial charge in [0.2, 0.25) is 5.91 Å². The average Bonchev–Trinajstić information content (AvgIpc) is 3.47. The molecular weight excluding hydrogens is 507 g/mol. The summed E-state index contributed by atoms with van der Waals surface area (Å²) in [5.41, 5.74) is 6.69. The van der Waals surface area contributed by atoms with E-state index in [9.17, 15) is 18.0 Å². The number of amides is 1. The van der Waals surface area contributed by atoms with E-state index in [4.69, 9.17) is 4.74 Å². The molecular formula is C29H46F3N5O2. The lowest BCUT2D eigenvalue weighted by Gasteiger charge is -2.52. The SMILES string of the molecule is CN1CNNC1CC1(C2CCCC(N3CC4C(CC(C5CN6CCC5CC6)CC4C(F)(F)F)C3=O)C2)COC1. The van der Waals surface area contributed by atoms with Gasteiger partial charge in [-0.25, -0.2) is 10.9 Å². The van der Waals surface area contributed by atoms with E-state index in [1.54, 1.807) is 0 Å². The third-order valence-corrected chi connectivity index (χ3v) is 12.3. The van der Waals surface area contributed by atoms with Crippen molar-refractivity contribution < 1.29 is 22.7 Å². The van der Waals surface area contributed by atoms with Crippen LogP contribution in [0.2, 0.25) is 0 Å². The zero-order valence-corrected chi connectivity index (χ0v) is 23.3. The summed E-state index contributed by atoms with van der Waals surface area (Å²) in [6.45, 7) is 5.71. The number of likely N-dealkylation sites (tertiary alicyclic amines) is 1. The Balaban J connectivity index is 1.07. The molecule has 220 valence electrons. The normalized spacial score (nSPS) is 46.4. The van der Waals surface area contributed by atoms with Crippen molar-refractivity contribution in [1.29, 1.82) is 0 Å². The Labute approximate surface area is 230 Å². The maximum Gasteiger partial charge on any atom is 0.392 e. The van der Waals surface area contributed by atoms with Crippen molar-refractivity contribution >= 4 is 5.91 Å². The number of nitrogens with zero attached hydrogens (tertiary/aromatic N) is 3. The van der Waals surface area contributed by atoms with Gasteiger partial charge in [-0.2, -0.15) is 13.2 Å². The van der Waals surface area contributed by atoms with Crippen LogP contribution in [0.1, 0.15) is 57.8 Å². The zero-order valence-electron chi connectivity index (χ0n) is 23.3. The molecule has 6 heterocycles. The molecule has 1 amide bonds. The molecule has 8 rings (SSSR count). The Morgan fingerprint density at radius 1 is 1.00 bits per heavy atom. The molecule has 8 aliphatic rings. The lowest BCUT2D eigenvalue weighted by molar-refractivity contribution is -0.208. The molecule has 0 aromatic heterocycles. The summed E-state index contributed by atoms with van der Waals surface area (Å²) in [7, 11) is 2.11. The maximum absolute atomic E-state index is 14.5. The van der Waals surface area contributed by atoms with Crippen molar-refractivity contribution in [2.45, 2.75) is 76.2 Å². The van der Waals surface area contributed by atoms with E-state index in [0.717, 1.165) is 84.5 Å². The van der Waals surface area contributed by atoms with Crippen molar-refractivity contribution in [1.82, 2.24) is 25.6 Å². The highest BCUT2D eigenvalue weighted by atomic mass is 19.4. The number of piperidine rings is 3.